The summed E-state index contributed by atoms with van der Waals surface area (Å²) in [5.41, 5.74) is -0.118. The van der Waals surface area contributed by atoms with Gasteiger partial charge in [-0.15, -0.1) is 0 Å². The van der Waals surface area contributed by atoms with E-state index in [-0.39, 0.29) is 11.3 Å². The van der Waals surface area contributed by atoms with Crippen molar-refractivity contribution in [2.75, 3.05) is 0 Å². The van der Waals surface area contributed by atoms with Crippen molar-refractivity contribution in [2.24, 2.45) is 5.41 Å². The molecule has 0 aromatic carbocycles. The Labute approximate surface area is 99.8 Å². The average molecular weight is 239 g/mol. The quantitative estimate of drug-likeness (QED) is 0.695. The normalized spacial score (nSPS) is 24.1. The van der Waals surface area contributed by atoms with Crippen LogP contribution in [0.4, 0.5) is 0 Å². The number of dihydropyridines is 1. The van der Waals surface area contributed by atoms with Crippen molar-refractivity contribution in [1.82, 2.24) is 5.32 Å². The van der Waals surface area contributed by atoms with Gasteiger partial charge in [0, 0.05) is 11.6 Å². The molecule has 1 aliphatic heterocycles. The molecular weight excluding hydrogens is 222 g/mol. The van der Waals surface area contributed by atoms with Crippen LogP contribution in [0.1, 0.15) is 33.6 Å². The average Bonchev–Trinajstić information content (AvgIpc) is 2.27. The lowest BCUT2D eigenvalue weighted by atomic mass is 9.70. The summed E-state index contributed by atoms with van der Waals surface area (Å²) in [5, 5.41) is 20.9. The van der Waals surface area contributed by atoms with Crippen LogP contribution >= 0.6 is 0 Å². The number of aliphatic carboxylic acids is 2. The number of carbonyl (C=O) groups is 2. The first kappa shape index (κ1) is 13.3. The maximum absolute atomic E-state index is 11.3. The second-order valence-corrected chi connectivity index (χ2v) is 4.21. The van der Waals surface area contributed by atoms with Crippen molar-refractivity contribution in [3.8, 4) is 0 Å². The molecule has 0 amide bonds. The van der Waals surface area contributed by atoms with Crippen molar-refractivity contribution in [2.45, 2.75) is 33.6 Å². The summed E-state index contributed by atoms with van der Waals surface area (Å²) >= 11 is 0. The summed E-state index contributed by atoms with van der Waals surface area (Å²) < 4.78 is 0. The zero-order valence-corrected chi connectivity index (χ0v) is 10.2. The van der Waals surface area contributed by atoms with Gasteiger partial charge in [0.05, 0.1) is 5.57 Å². The monoisotopic (exact) mass is 239 g/mol. The first-order valence-corrected chi connectivity index (χ1v) is 5.55. The minimum atomic E-state index is -1.24. The van der Waals surface area contributed by atoms with Gasteiger partial charge in [-0.05, 0) is 18.4 Å². The summed E-state index contributed by atoms with van der Waals surface area (Å²) in [6.45, 7) is 5.56. The highest BCUT2D eigenvalue weighted by Crippen LogP contribution is 2.43. The van der Waals surface area contributed by atoms with Gasteiger partial charge in [-0.1, -0.05) is 20.8 Å². The van der Waals surface area contributed by atoms with Gasteiger partial charge >= 0.3 is 11.9 Å². The lowest BCUT2D eigenvalue weighted by Gasteiger charge is -2.36. The van der Waals surface area contributed by atoms with Crippen LogP contribution in [0.2, 0.25) is 0 Å². The molecule has 5 heteroatoms. The van der Waals surface area contributed by atoms with Gasteiger partial charge in [0.15, 0.2) is 0 Å². The molecule has 1 aliphatic rings. The third kappa shape index (κ3) is 2.05. The smallest absolute Gasteiger partial charge is 0.352 e. The van der Waals surface area contributed by atoms with E-state index in [1.54, 1.807) is 13.1 Å². The molecular formula is C12H17NO4. The molecule has 0 aromatic rings. The molecule has 0 saturated carbocycles. The Kier molecular flexibility index (Phi) is 3.60. The number of carboxylic acid groups (broad SMARTS) is 2. The third-order valence-electron chi connectivity index (χ3n) is 3.42. The lowest BCUT2D eigenvalue weighted by molar-refractivity contribution is -0.137. The summed E-state index contributed by atoms with van der Waals surface area (Å²) in [5.74, 6) is -2.42. The van der Waals surface area contributed by atoms with Crippen molar-refractivity contribution >= 4 is 11.9 Å². The molecule has 1 atom stereocenters. The molecule has 0 bridgehead atoms. The molecule has 5 nitrogen and oxygen atoms in total. The maximum atomic E-state index is 11.3. The highest BCUT2D eigenvalue weighted by Gasteiger charge is 2.41. The van der Waals surface area contributed by atoms with E-state index in [9.17, 15) is 14.7 Å². The standard InChI is InChI=1S/C12H17NO4/c1-4-7-6-13-9(11(16)17)8(10(14)15)12(7,3)5-2/h6,13H,4-5H2,1-3H3,(H,14,15)(H,16,17). The Hall–Kier alpha value is -1.78. The SMILES string of the molecule is CCC1=CNC(C(=O)O)=C(C(=O)O)C1(C)CC. The van der Waals surface area contributed by atoms with Gasteiger partial charge in [-0.2, -0.15) is 0 Å². The Morgan fingerprint density at radius 3 is 2.24 bits per heavy atom. The second kappa shape index (κ2) is 4.61. The molecule has 3 N–H and O–H groups in total. The molecule has 94 valence electrons. The number of hydrogen-bond acceptors (Lipinski definition) is 3. The van der Waals surface area contributed by atoms with Gasteiger partial charge in [0.2, 0.25) is 0 Å². The fraction of sp³-hybridized carbons (Fsp3) is 0.500. The van der Waals surface area contributed by atoms with Crippen LogP contribution < -0.4 is 5.32 Å². The first-order chi connectivity index (χ1) is 7.88. The minimum absolute atomic E-state index is 0.0631. The summed E-state index contributed by atoms with van der Waals surface area (Å²) in [7, 11) is 0. The number of nitrogens with one attached hydrogen (secondary N) is 1. The highest BCUT2D eigenvalue weighted by molar-refractivity contribution is 6.00. The summed E-state index contributed by atoms with van der Waals surface area (Å²) in [6, 6.07) is 0. The predicted octanol–water partition coefficient (Wildman–Crippen LogP) is 1.72. The van der Waals surface area contributed by atoms with E-state index < -0.39 is 17.4 Å². The van der Waals surface area contributed by atoms with Crippen molar-refractivity contribution in [1.29, 1.82) is 0 Å². The Morgan fingerprint density at radius 1 is 1.29 bits per heavy atom. The van der Waals surface area contributed by atoms with E-state index in [2.05, 4.69) is 5.32 Å². The maximum Gasteiger partial charge on any atom is 0.352 e. The Morgan fingerprint density at radius 2 is 1.88 bits per heavy atom. The van der Waals surface area contributed by atoms with E-state index >= 15 is 0 Å². The van der Waals surface area contributed by atoms with Crippen molar-refractivity contribution in [3.63, 3.8) is 0 Å². The van der Waals surface area contributed by atoms with Gasteiger partial charge in [-0.3, -0.25) is 0 Å². The molecule has 0 fully saturated rings. The van der Waals surface area contributed by atoms with Gasteiger partial charge in [-0.25, -0.2) is 9.59 Å². The lowest BCUT2D eigenvalue weighted by Crippen LogP contribution is -2.37. The Bertz CT molecular complexity index is 422. The topological polar surface area (TPSA) is 86.6 Å². The van der Waals surface area contributed by atoms with E-state index in [1.807, 2.05) is 13.8 Å². The van der Waals surface area contributed by atoms with E-state index in [4.69, 9.17) is 5.11 Å². The first-order valence-electron chi connectivity index (χ1n) is 5.55. The predicted molar refractivity (Wildman–Crippen MR) is 62.2 cm³/mol. The highest BCUT2D eigenvalue weighted by atomic mass is 16.4. The molecule has 17 heavy (non-hydrogen) atoms. The Balaban J connectivity index is 3.43. The number of hydrogen-bond donors (Lipinski definition) is 3. The van der Waals surface area contributed by atoms with E-state index in [1.165, 1.54) is 0 Å². The number of carboxylic acids is 2. The fourth-order valence-electron chi connectivity index (χ4n) is 2.23. The van der Waals surface area contributed by atoms with Crippen LogP contribution in [-0.4, -0.2) is 22.2 Å². The molecule has 0 saturated heterocycles. The van der Waals surface area contributed by atoms with Crippen LogP contribution in [0.15, 0.2) is 23.0 Å². The molecule has 0 spiro atoms. The van der Waals surface area contributed by atoms with Crippen molar-refractivity contribution < 1.29 is 19.8 Å². The molecule has 1 rings (SSSR count). The van der Waals surface area contributed by atoms with E-state index in [0.717, 1.165) is 5.57 Å². The molecule has 0 radical (unpaired) electrons. The third-order valence-corrected chi connectivity index (χ3v) is 3.42. The van der Waals surface area contributed by atoms with Gasteiger partial charge in [0.1, 0.15) is 5.70 Å². The molecule has 0 aromatic heterocycles. The van der Waals surface area contributed by atoms with Gasteiger partial charge < -0.3 is 15.5 Å². The number of allylic oxidation sites excluding steroid dienone is 1. The summed E-state index contributed by atoms with van der Waals surface area (Å²) in [4.78, 5) is 22.4. The fourth-order valence-corrected chi connectivity index (χ4v) is 2.23. The molecule has 1 heterocycles. The summed E-state index contributed by atoms with van der Waals surface area (Å²) in [6.07, 6.45) is 2.84. The van der Waals surface area contributed by atoms with Crippen molar-refractivity contribution in [3.05, 3.63) is 23.0 Å². The second-order valence-electron chi connectivity index (χ2n) is 4.21. The van der Waals surface area contributed by atoms with Crippen LogP contribution in [-0.2, 0) is 9.59 Å². The molecule has 1 unspecified atom stereocenters. The van der Waals surface area contributed by atoms with Crippen LogP contribution in [0.3, 0.4) is 0 Å². The zero-order valence-electron chi connectivity index (χ0n) is 10.2. The van der Waals surface area contributed by atoms with Gasteiger partial charge in [0.25, 0.3) is 0 Å². The van der Waals surface area contributed by atoms with E-state index in [0.29, 0.717) is 12.8 Å². The van der Waals surface area contributed by atoms with Crippen LogP contribution in [0.5, 0.6) is 0 Å². The number of rotatable bonds is 4. The largest absolute Gasteiger partial charge is 0.478 e. The minimum Gasteiger partial charge on any atom is -0.478 e. The molecule has 0 aliphatic carbocycles. The van der Waals surface area contributed by atoms with Crippen LogP contribution in [0, 0.1) is 5.41 Å². The van der Waals surface area contributed by atoms with Crippen LogP contribution in [0.25, 0.3) is 0 Å². The zero-order chi connectivity index (χ0) is 13.2.